The van der Waals surface area contributed by atoms with Gasteiger partial charge in [-0.25, -0.2) is 4.98 Å². The number of hydrogen-bond donors (Lipinski definition) is 0. The van der Waals surface area contributed by atoms with Gasteiger partial charge in [-0.3, -0.25) is 4.79 Å². The molecule has 6 heteroatoms. The van der Waals surface area contributed by atoms with Gasteiger partial charge in [0.25, 0.3) is 5.91 Å². The fraction of sp³-hybridized carbons (Fsp3) is 0.412. The molecule has 0 fully saturated rings. The summed E-state index contributed by atoms with van der Waals surface area (Å²) in [4.78, 5) is 19.1. The van der Waals surface area contributed by atoms with Crippen molar-refractivity contribution in [2.24, 2.45) is 13.0 Å². The zero-order chi connectivity index (χ0) is 16.2. The van der Waals surface area contributed by atoms with Gasteiger partial charge in [0.1, 0.15) is 11.5 Å². The molecule has 0 saturated carbocycles. The minimum Gasteiger partial charge on any atom is -0.377 e. The Morgan fingerprint density at radius 3 is 3.09 bits per heavy atom. The van der Waals surface area contributed by atoms with E-state index in [-0.39, 0.29) is 11.8 Å². The number of hydrogen-bond acceptors (Lipinski definition) is 3. The Labute approximate surface area is 136 Å². The molecule has 0 aromatic carbocycles. The Balaban J connectivity index is 1.80. The molecule has 122 valence electrons. The molecule has 0 spiro atoms. The molecule has 23 heavy (non-hydrogen) atoms. The fourth-order valence-corrected chi connectivity index (χ4v) is 2.96. The number of fused-ring (bicyclic) bond motifs is 1. The smallest absolute Gasteiger partial charge is 0.270 e. The molecular weight excluding hydrogens is 292 g/mol. The molecule has 0 radical (unpaired) electrons. The van der Waals surface area contributed by atoms with Crippen LogP contribution in [0.4, 0.5) is 0 Å². The molecule has 1 amide bonds. The maximum absolute atomic E-state index is 12.9. The zero-order valence-electron chi connectivity index (χ0n) is 13.4. The van der Waals surface area contributed by atoms with Gasteiger partial charge in [0.05, 0.1) is 19.8 Å². The van der Waals surface area contributed by atoms with E-state index in [1.165, 1.54) is 0 Å². The summed E-state index contributed by atoms with van der Waals surface area (Å²) in [7, 11) is 1.89. The number of carbonyl (C=O) groups excluding carboxylic acids is 1. The first-order valence-corrected chi connectivity index (χ1v) is 7.78. The maximum Gasteiger partial charge on any atom is 0.270 e. The van der Waals surface area contributed by atoms with E-state index in [2.05, 4.69) is 16.1 Å². The number of nitrogens with zero attached hydrogens (tertiary/aromatic N) is 4. The second kappa shape index (κ2) is 6.83. The number of ether oxygens (including phenoxy) is 1. The molecule has 3 heterocycles. The van der Waals surface area contributed by atoms with Crippen LogP contribution < -0.4 is 0 Å². The molecule has 1 atom stereocenters. The van der Waals surface area contributed by atoms with E-state index < -0.39 is 0 Å². The zero-order valence-corrected chi connectivity index (χ0v) is 13.4. The lowest BCUT2D eigenvalue weighted by molar-refractivity contribution is 0.0629. The lowest BCUT2D eigenvalue weighted by atomic mass is 10.1. The van der Waals surface area contributed by atoms with Crippen LogP contribution in [0.3, 0.4) is 0 Å². The number of imidazole rings is 1. The normalized spacial score (nSPS) is 17.6. The summed E-state index contributed by atoms with van der Waals surface area (Å²) in [5, 5.41) is 0. The number of aryl methyl sites for hydroxylation is 1. The van der Waals surface area contributed by atoms with E-state index in [0.717, 1.165) is 12.4 Å². The SMILES string of the molecule is C=CCOCC1CN(C(=O)c2cccn2C)Cc2nccn2C1. The molecule has 0 aliphatic carbocycles. The quantitative estimate of drug-likeness (QED) is 0.623. The van der Waals surface area contributed by atoms with Crippen LogP contribution in [0.25, 0.3) is 0 Å². The summed E-state index contributed by atoms with van der Waals surface area (Å²) in [6.07, 6.45) is 7.38. The van der Waals surface area contributed by atoms with Gasteiger partial charge in [-0.15, -0.1) is 6.58 Å². The standard InChI is InChI=1S/C17H22N4O2/c1-3-9-23-13-14-10-20-8-6-18-16(20)12-21(11-14)17(22)15-5-4-7-19(15)2/h3-8,14H,1,9-13H2,2H3. The second-order valence-electron chi connectivity index (χ2n) is 5.88. The second-order valence-corrected chi connectivity index (χ2v) is 5.88. The summed E-state index contributed by atoms with van der Waals surface area (Å²) >= 11 is 0. The van der Waals surface area contributed by atoms with E-state index in [4.69, 9.17) is 4.74 Å². The van der Waals surface area contributed by atoms with Crippen molar-refractivity contribution in [3.8, 4) is 0 Å². The lowest BCUT2D eigenvalue weighted by Crippen LogP contribution is -2.36. The van der Waals surface area contributed by atoms with E-state index in [1.54, 1.807) is 12.3 Å². The van der Waals surface area contributed by atoms with E-state index in [9.17, 15) is 4.79 Å². The van der Waals surface area contributed by atoms with Gasteiger partial charge < -0.3 is 18.8 Å². The third-order valence-corrected chi connectivity index (χ3v) is 4.11. The predicted molar refractivity (Wildman–Crippen MR) is 86.9 cm³/mol. The third kappa shape index (κ3) is 3.37. The highest BCUT2D eigenvalue weighted by molar-refractivity contribution is 5.92. The van der Waals surface area contributed by atoms with Crippen LogP contribution in [-0.2, 0) is 24.9 Å². The number of carbonyl (C=O) groups is 1. The number of amides is 1. The first-order valence-electron chi connectivity index (χ1n) is 7.78. The fourth-order valence-electron chi connectivity index (χ4n) is 2.96. The van der Waals surface area contributed by atoms with Crippen LogP contribution in [0.15, 0.2) is 43.4 Å². The van der Waals surface area contributed by atoms with Crippen molar-refractivity contribution >= 4 is 5.91 Å². The van der Waals surface area contributed by atoms with Gasteiger partial charge in [-0.2, -0.15) is 0 Å². The molecule has 1 aliphatic rings. The monoisotopic (exact) mass is 314 g/mol. The molecule has 1 unspecified atom stereocenters. The summed E-state index contributed by atoms with van der Waals surface area (Å²) in [6.45, 7) is 6.78. The Kier molecular flexibility index (Phi) is 4.62. The van der Waals surface area contributed by atoms with Gasteiger partial charge in [-0.05, 0) is 12.1 Å². The minimum atomic E-state index is 0.0303. The maximum atomic E-state index is 12.9. The summed E-state index contributed by atoms with van der Waals surface area (Å²) in [6, 6.07) is 3.74. The van der Waals surface area contributed by atoms with Crippen molar-refractivity contribution in [1.29, 1.82) is 0 Å². The predicted octanol–water partition coefficient (Wildman–Crippen LogP) is 1.70. The molecule has 2 aromatic rings. The highest BCUT2D eigenvalue weighted by Crippen LogP contribution is 2.18. The van der Waals surface area contributed by atoms with Crippen molar-refractivity contribution in [2.75, 3.05) is 19.8 Å². The average Bonchev–Trinajstić information content (AvgIpc) is 3.11. The van der Waals surface area contributed by atoms with Crippen molar-refractivity contribution in [3.63, 3.8) is 0 Å². The van der Waals surface area contributed by atoms with Gasteiger partial charge in [0, 0.05) is 44.6 Å². The van der Waals surface area contributed by atoms with Crippen molar-refractivity contribution < 1.29 is 9.53 Å². The first-order chi connectivity index (χ1) is 11.2. The third-order valence-electron chi connectivity index (χ3n) is 4.11. The first kappa shape index (κ1) is 15.6. The van der Waals surface area contributed by atoms with Gasteiger partial charge in [0.15, 0.2) is 0 Å². The average molecular weight is 314 g/mol. The molecule has 1 aliphatic heterocycles. The van der Waals surface area contributed by atoms with Crippen molar-refractivity contribution in [3.05, 3.63) is 54.9 Å². The molecule has 0 bridgehead atoms. The van der Waals surface area contributed by atoms with Crippen LogP contribution in [0.2, 0.25) is 0 Å². The number of aromatic nitrogens is 3. The molecule has 0 saturated heterocycles. The Hall–Kier alpha value is -2.34. The molecule has 6 nitrogen and oxygen atoms in total. The summed E-state index contributed by atoms with van der Waals surface area (Å²) in [5.41, 5.74) is 0.691. The van der Waals surface area contributed by atoms with Crippen LogP contribution in [0, 0.1) is 5.92 Å². The van der Waals surface area contributed by atoms with Crippen LogP contribution in [0.1, 0.15) is 16.3 Å². The van der Waals surface area contributed by atoms with Crippen LogP contribution >= 0.6 is 0 Å². The lowest BCUT2D eigenvalue weighted by Gasteiger charge is -2.24. The summed E-state index contributed by atoms with van der Waals surface area (Å²) < 4.78 is 9.58. The van der Waals surface area contributed by atoms with Gasteiger partial charge in [-0.1, -0.05) is 6.08 Å². The van der Waals surface area contributed by atoms with Gasteiger partial charge in [0.2, 0.25) is 0 Å². The highest BCUT2D eigenvalue weighted by atomic mass is 16.5. The van der Waals surface area contributed by atoms with E-state index in [1.807, 2.05) is 41.0 Å². The van der Waals surface area contributed by atoms with Gasteiger partial charge >= 0.3 is 0 Å². The minimum absolute atomic E-state index is 0.0303. The Morgan fingerprint density at radius 1 is 1.48 bits per heavy atom. The topological polar surface area (TPSA) is 52.3 Å². The molecule has 2 aromatic heterocycles. The molecule has 3 rings (SSSR count). The molecular formula is C17H22N4O2. The largest absolute Gasteiger partial charge is 0.377 e. The van der Waals surface area contributed by atoms with E-state index >= 15 is 0 Å². The van der Waals surface area contributed by atoms with Crippen molar-refractivity contribution in [2.45, 2.75) is 13.1 Å². The molecule has 0 N–H and O–H groups in total. The summed E-state index contributed by atoms with van der Waals surface area (Å²) in [5.74, 6) is 1.18. The Bertz CT molecular complexity index is 688. The number of rotatable bonds is 5. The highest BCUT2D eigenvalue weighted by Gasteiger charge is 2.27. The van der Waals surface area contributed by atoms with Crippen LogP contribution in [0.5, 0.6) is 0 Å². The Morgan fingerprint density at radius 2 is 2.35 bits per heavy atom. The van der Waals surface area contributed by atoms with E-state index in [0.29, 0.717) is 32.0 Å². The van der Waals surface area contributed by atoms with Crippen LogP contribution in [-0.4, -0.2) is 44.7 Å². The van der Waals surface area contributed by atoms with Crippen molar-refractivity contribution in [1.82, 2.24) is 19.0 Å².